The minimum Gasteiger partial charge on any atom is -0.480 e. The molecule has 0 saturated heterocycles. The average molecular weight is 557 g/mol. The fraction of sp³-hybridized carbons (Fsp3) is 0.429. The topological polar surface area (TPSA) is 95.7 Å². The van der Waals surface area contributed by atoms with E-state index in [9.17, 15) is 13.2 Å². The van der Waals surface area contributed by atoms with Crippen molar-refractivity contribution in [2.75, 3.05) is 20.8 Å². The summed E-state index contributed by atoms with van der Waals surface area (Å²) in [6.07, 6.45) is 1.42. The lowest BCUT2D eigenvalue weighted by molar-refractivity contribution is -0.140. The minimum atomic E-state index is -4.55. The fourth-order valence-electron chi connectivity index (χ4n) is 4.57. The van der Waals surface area contributed by atoms with E-state index in [1.807, 2.05) is 25.3 Å². The molecule has 2 aliphatic rings. The molecule has 1 fully saturated rings. The van der Waals surface area contributed by atoms with E-state index < -0.39 is 18.1 Å². The van der Waals surface area contributed by atoms with Gasteiger partial charge in [0.25, 0.3) is 0 Å². The van der Waals surface area contributed by atoms with Gasteiger partial charge in [-0.1, -0.05) is 24.3 Å². The van der Waals surface area contributed by atoms with Gasteiger partial charge in [-0.3, -0.25) is 0 Å². The summed E-state index contributed by atoms with van der Waals surface area (Å²) < 4.78 is 58.5. The molecule has 0 amide bonds. The summed E-state index contributed by atoms with van der Waals surface area (Å²) in [5, 5.41) is 3.22. The van der Waals surface area contributed by atoms with Crippen LogP contribution in [0.2, 0.25) is 0 Å². The second kappa shape index (κ2) is 11.4. The molecule has 5 rings (SSSR count). The molecule has 1 N–H and O–H groups in total. The first-order valence-corrected chi connectivity index (χ1v) is 13.0. The lowest BCUT2D eigenvalue weighted by Gasteiger charge is -2.23. The number of methoxy groups -OCH3 is 2. The molecule has 0 bridgehead atoms. The fourth-order valence-corrected chi connectivity index (χ4v) is 4.57. The molecule has 1 aliphatic carbocycles. The number of hydrogen-bond acceptors (Lipinski definition) is 8. The first kappa shape index (κ1) is 27.8. The predicted molar refractivity (Wildman–Crippen MR) is 142 cm³/mol. The number of nitrogens with one attached hydrogen (secondary N) is 1. The second-order valence-corrected chi connectivity index (χ2v) is 9.95. The molecule has 3 heterocycles. The van der Waals surface area contributed by atoms with Gasteiger partial charge in [0, 0.05) is 31.0 Å². The molecule has 1 aromatic carbocycles. The third-order valence-electron chi connectivity index (χ3n) is 6.83. The van der Waals surface area contributed by atoms with Crippen molar-refractivity contribution in [1.82, 2.24) is 24.8 Å². The number of hydrogen-bond donors (Lipinski definition) is 1. The zero-order valence-corrected chi connectivity index (χ0v) is 22.7. The Morgan fingerprint density at radius 3 is 2.52 bits per heavy atom. The van der Waals surface area contributed by atoms with Crippen molar-refractivity contribution in [1.29, 1.82) is 0 Å². The van der Waals surface area contributed by atoms with Crippen LogP contribution in [0.5, 0.6) is 5.88 Å². The molecule has 0 spiro atoms. The maximum absolute atomic E-state index is 13.4. The highest BCUT2D eigenvalue weighted by Crippen LogP contribution is 2.42. The van der Waals surface area contributed by atoms with Crippen LogP contribution in [0.4, 0.5) is 13.2 Å². The number of nitrogens with zero attached hydrogens (tertiary/aromatic N) is 5. The molecule has 2 aromatic heterocycles. The Morgan fingerprint density at radius 1 is 1.12 bits per heavy atom. The number of imidazole rings is 1. The minimum absolute atomic E-state index is 0.223. The van der Waals surface area contributed by atoms with Gasteiger partial charge in [0.1, 0.15) is 23.6 Å². The molecule has 12 heteroatoms. The first-order valence-electron chi connectivity index (χ1n) is 13.0. The highest BCUT2D eigenvalue weighted by atomic mass is 19.4. The molecule has 40 heavy (non-hydrogen) atoms. The molecule has 2 atom stereocenters. The van der Waals surface area contributed by atoms with Crippen molar-refractivity contribution >= 4 is 5.84 Å². The summed E-state index contributed by atoms with van der Waals surface area (Å²) in [4.78, 5) is 17.4. The largest absolute Gasteiger partial charge is 0.480 e. The highest BCUT2D eigenvalue weighted by molar-refractivity contribution is 6.03. The molecular weight excluding hydrogens is 525 g/mol. The van der Waals surface area contributed by atoms with Gasteiger partial charge in [-0.05, 0) is 37.8 Å². The molecule has 9 nitrogen and oxygen atoms in total. The second-order valence-electron chi connectivity index (χ2n) is 9.95. The van der Waals surface area contributed by atoms with Crippen LogP contribution in [0.15, 0.2) is 53.6 Å². The van der Waals surface area contributed by atoms with E-state index in [4.69, 9.17) is 19.2 Å². The van der Waals surface area contributed by atoms with Crippen molar-refractivity contribution in [2.24, 2.45) is 4.99 Å². The van der Waals surface area contributed by atoms with Crippen LogP contribution in [0, 0.1) is 0 Å². The van der Waals surface area contributed by atoms with Crippen molar-refractivity contribution in [3.8, 4) is 17.3 Å². The Labute approximate surface area is 230 Å². The number of rotatable bonds is 10. The van der Waals surface area contributed by atoms with Gasteiger partial charge >= 0.3 is 6.18 Å². The van der Waals surface area contributed by atoms with E-state index in [0.717, 1.165) is 41.4 Å². The van der Waals surface area contributed by atoms with Gasteiger partial charge in [-0.15, -0.1) is 0 Å². The van der Waals surface area contributed by atoms with E-state index in [1.54, 1.807) is 26.2 Å². The maximum Gasteiger partial charge on any atom is 0.434 e. The standard InChI is InChI=1S/C28H31F3N6O3/c1-16-11-32-24(22-23(19-9-10-19)33-15-34-27(22)39-4)36-26(16)40-14-18-5-7-20(8-6-18)25-35-21(28(29,30)31)12-37(25)17(2)13-38-3/h5-8,11-12,15,17,19,26H,9-10,13-14H2,1-4H3,(H,32,36)/t17-,26?/m1/s1. The quantitative estimate of drug-likeness (QED) is 0.365. The number of amidine groups is 1. The summed E-state index contributed by atoms with van der Waals surface area (Å²) in [7, 11) is 3.08. The molecule has 1 saturated carbocycles. The number of halogens is 3. The molecule has 1 aliphatic heterocycles. The molecule has 0 radical (unpaired) electrons. The first-order chi connectivity index (χ1) is 19.2. The van der Waals surface area contributed by atoms with Crippen LogP contribution < -0.4 is 10.1 Å². The predicted octanol–water partition coefficient (Wildman–Crippen LogP) is 5.25. The van der Waals surface area contributed by atoms with Gasteiger partial charge in [0.05, 0.1) is 32.1 Å². The van der Waals surface area contributed by atoms with Crippen LogP contribution in [0.3, 0.4) is 0 Å². The number of benzene rings is 1. The number of alkyl halides is 3. The van der Waals surface area contributed by atoms with Crippen molar-refractivity contribution < 1.29 is 27.4 Å². The Hall–Kier alpha value is -3.77. The summed E-state index contributed by atoms with van der Waals surface area (Å²) in [6, 6.07) is 6.78. The summed E-state index contributed by atoms with van der Waals surface area (Å²) in [5.74, 6) is 1.63. The number of aromatic nitrogens is 4. The van der Waals surface area contributed by atoms with Crippen molar-refractivity contribution in [3.63, 3.8) is 0 Å². The summed E-state index contributed by atoms with van der Waals surface area (Å²) in [6.45, 7) is 4.20. The van der Waals surface area contributed by atoms with E-state index >= 15 is 0 Å². The SMILES string of the molecule is COC[C@@H](C)n1cc(C(F)(F)F)nc1-c1ccc(COC2N=C(c3c(OC)ncnc3C3CC3)NC=C2C)cc1. The molecule has 1 unspecified atom stereocenters. The van der Waals surface area contributed by atoms with E-state index in [1.165, 1.54) is 18.0 Å². The van der Waals surface area contributed by atoms with Gasteiger partial charge in [0.15, 0.2) is 11.9 Å². The number of ether oxygens (including phenoxy) is 3. The summed E-state index contributed by atoms with van der Waals surface area (Å²) in [5.41, 5.74) is 3.00. The van der Waals surface area contributed by atoms with Crippen LogP contribution in [0.25, 0.3) is 11.4 Å². The third-order valence-corrected chi connectivity index (χ3v) is 6.83. The molecular formula is C28H31F3N6O3. The lowest BCUT2D eigenvalue weighted by atomic mass is 10.1. The van der Waals surface area contributed by atoms with Crippen LogP contribution >= 0.6 is 0 Å². The maximum atomic E-state index is 13.4. The van der Waals surface area contributed by atoms with Crippen molar-refractivity contribution in [3.05, 3.63) is 71.1 Å². The smallest absolute Gasteiger partial charge is 0.434 e. The van der Waals surface area contributed by atoms with E-state index in [2.05, 4.69) is 20.3 Å². The van der Waals surface area contributed by atoms with Crippen LogP contribution in [-0.2, 0) is 22.3 Å². The lowest BCUT2D eigenvalue weighted by Crippen LogP contribution is -2.31. The van der Waals surface area contributed by atoms with Gasteiger partial charge < -0.3 is 24.1 Å². The van der Waals surface area contributed by atoms with E-state index in [0.29, 0.717) is 23.2 Å². The number of aliphatic imine (C=N–C) groups is 1. The highest BCUT2D eigenvalue weighted by Gasteiger charge is 2.36. The Morgan fingerprint density at radius 2 is 1.88 bits per heavy atom. The Balaban J connectivity index is 1.34. The Bertz CT molecular complexity index is 1410. The van der Waals surface area contributed by atoms with Crippen LogP contribution in [-0.4, -0.2) is 52.4 Å². The third kappa shape index (κ3) is 5.87. The van der Waals surface area contributed by atoms with Crippen molar-refractivity contribution in [2.45, 2.75) is 57.7 Å². The van der Waals surface area contributed by atoms with Crippen LogP contribution in [0.1, 0.15) is 61.2 Å². The summed E-state index contributed by atoms with van der Waals surface area (Å²) >= 11 is 0. The molecule has 3 aromatic rings. The monoisotopic (exact) mass is 556 g/mol. The zero-order valence-electron chi connectivity index (χ0n) is 22.7. The van der Waals surface area contributed by atoms with Gasteiger partial charge in [0.2, 0.25) is 5.88 Å². The Kier molecular flexibility index (Phi) is 7.90. The van der Waals surface area contributed by atoms with Gasteiger partial charge in [-0.25, -0.2) is 19.9 Å². The average Bonchev–Trinajstić information content (AvgIpc) is 3.69. The molecule has 212 valence electrons. The van der Waals surface area contributed by atoms with E-state index in [-0.39, 0.29) is 25.1 Å². The zero-order chi connectivity index (χ0) is 28.4. The normalized spacial score (nSPS) is 18.1. The van der Waals surface area contributed by atoms with Gasteiger partial charge in [-0.2, -0.15) is 13.2 Å².